The fraction of sp³-hybridized carbons (Fsp3) is 0.455. The van der Waals surface area contributed by atoms with Crippen LogP contribution in [0, 0.1) is 18.8 Å². The second-order valence-corrected chi connectivity index (χ2v) is 8.20. The molecule has 2 aliphatic heterocycles. The number of fused-ring (bicyclic) bond motifs is 2. The molecule has 6 heteroatoms. The molecule has 2 aromatic carbocycles. The van der Waals surface area contributed by atoms with Crippen molar-refractivity contribution < 1.29 is 29.9 Å². The minimum Gasteiger partial charge on any atom is -0.507 e. The molecule has 0 amide bonds. The van der Waals surface area contributed by atoms with Gasteiger partial charge in [0.15, 0.2) is 0 Å². The van der Waals surface area contributed by atoms with Gasteiger partial charge in [0.2, 0.25) is 0 Å². The Labute approximate surface area is 164 Å². The molecule has 4 unspecified atom stereocenters. The summed E-state index contributed by atoms with van der Waals surface area (Å²) >= 11 is 0. The van der Waals surface area contributed by atoms with Gasteiger partial charge in [0, 0.05) is 46.2 Å². The Hall–Kier alpha value is -2.76. The number of hydrogen-bond acceptors (Lipinski definition) is 6. The first-order valence-corrected chi connectivity index (χ1v) is 9.62. The van der Waals surface area contributed by atoms with Gasteiger partial charge in [-0.2, -0.15) is 0 Å². The number of phenols is 4. The third kappa shape index (κ3) is 2.54. The molecule has 0 saturated heterocycles. The van der Waals surface area contributed by atoms with E-state index in [1.54, 1.807) is 6.92 Å². The molecule has 0 spiro atoms. The zero-order chi connectivity index (χ0) is 20.3. The van der Waals surface area contributed by atoms with Crippen LogP contribution in [0.4, 0.5) is 0 Å². The predicted octanol–water partition coefficient (Wildman–Crippen LogP) is 4.11. The van der Waals surface area contributed by atoms with E-state index in [2.05, 4.69) is 6.92 Å². The van der Waals surface area contributed by atoms with E-state index in [9.17, 15) is 20.4 Å². The predicted molar refractivity (Wildman–Crippen MR) is 104 cm³/mol. The van der Waals surface area contributed by atoms with Gasteiger partial charge in [-0.1, -0.05) is 20.8 Å². The Morgan fingerprint density at radius 3 is 1.89 bits per heavy atom. The summed E-state index contributed by atoms with van der Waals surface area (Å²) in [6, 6.07) is 2.66. The van der Waals surface area contributed by atoms with Crippen molar-refractivity contribution in [3.63, 3.8) is 0 Å². The molecule has 4 atom stereocenters. The smallest absolute Gasteiger partial charge is 0.134 e. The van der Waals surface area contributed by atoms with Crippen LogP contribution in [0.25, 0.3) is 0 Å². The Morgan fingerprint density at radius 2 is 1.21 bits per heavy atom. The molecule has 0 aliphatic carbocycles. The molecule has 28 heavy (non-hydrogen) atoms. The summed E-state index contributed by atoms with van der Waals surface area (Å²) in [5.41, 5.74) is 2.29. The van der Waals surface area contributed by atoms with Gasteiger partial charge in [0.25, 0.3) is 0 Å². The molecule has 2 aliphatic rings. The SMILES string of the molecule is Cc1c(O)cc(O)c2c1OCC(C)C2c1c(O)cc(O)c2c1OCC(C)C2C. The van der Waals surface area contributed by atoms with Gasteiger partial charge >= 0.3 is 0 Å². The summed E-state index contributed by atoms with van der Waals surface area (Å²) in [5.74, 6) is 0.535. The molecule has 0 aromatic heterocycles. The van der Waals surface area contributed by atoms with Crippen LogP contribution >= 0.6 is 0 Å². The lowest BCUT2D eigenvalue weighted by Crippen LogP contribution is -2.28. The first kappa shape index (κ1) is 18.6. The summed E-state index contributed by atoms with van der Waals surface area (Å²) in [6.07, 6.45) is 0. The summed E-state index contributed by atoms with van der Waals surface area (Å²) in [4.78, 5) is 0. The Morgan fingerprint density at radius 1 is 0.714 bits per heavy atom. The van der Waals surface area contributed by atoms with E-state index in [1.807, 2.05) is 13.8 Å². The minimum atomic E-state index is -0.405. The van der Waals surface area contributed by atoms with Crippen molar-refractivity contribution in [3.05, 3.63) is 34.4 Å². The lowest BCUT2D eigenvalue weighted by molar-refractivity contribution is 0.189. The molecule has 0 saturated carbocycles. The van der Waals surface area contributed by atoms with Gasteiger partial charge in [-0.15, -0.1) is 0 Å². The van der Waals surface area contributed by atoms with E-state index in [-0.39, 0.29) is 40.8 Å². The van der Waals surface area contributed by atoms with Crippen LogP contribution in [0.1, 0.15) is 54.9 Å². The molecule has 4 N–H and O–H groups in total. The molecular weight excluding hydrogens is 360 g/mol. The third-order valence-corrected chi connectivity index (χ3v) is 6.31. The maximum Gasteiger partial charge on any atom is 0.134 e. The number of benzene rings is 2. The normalized spacial score (nSPS) is 26.0. The highest BCUT2D eigenvalue weighted by molar-refractivity contribution is 5.66. The molecule has 0 bridgehead atoms. The van der Waals surface area contributed by atoms with Crippen LogP contribution in [-0.2, 0) is 0 Å². The third-order valence-electron chi connectivity index (χ3n) is 6.31. The van der Waals surface area contributed by atoms with Gasteiger partial charge in [-0.25, -0.2) is 0 Å². The average molecular weight is 386 g/mol. The lowest BCUT2D eigenvalue weighted by atomic mass is 9.75. The highest BCUT2D eigenvalue weighted by Crippen LogP contribution is 2.57. The molecule has 0 radical (unpaired) electrons. The van der Waals surface area contributed by atoms with Crippen molar-refractivity contribution in [2.45, 2.75) is 39.5 Å². The highest BCUT2D eigenvalue weighted by atomic mass is 16.5. The Bertz CT molecular complexity index is 951. The quantitative estimate of drug-likeness (QED) is 0.589. The second kappa shape index (κ2) is 6.40. The van der Waals surface area contributed by atoms with Crippen molar-refractivity contribution in [3.8, 4) is 34.5 Å². The Balaban J connectivity index is 2.00. The zero-order valence-electron chi connectivity index (χ0n) is 16.5. The van der Waals surface area contributed by atoms with E-state index in [1.165, 1.54) is 12.1 Å². The van der Waals surface area contributed by atoms with Crippen LogP contribution in [-0.4, -0.2) is 33.6 Å². The molecular formula is C22H26O6. The van der Waals surface area contributed by atoms with E-state index in [0.717, 1.165) is 0 Å². The largest absolute Gasteiger partial charge is 0.507 e. The van der Waals surface area contributed by atoms with Crippen LogP contribution < -0.4 is 9.47 Å². The Kier molecular flexibility index (Phi) is 4.25. The van der Waals surface area contributed by atoms with Gasteiger partial charge in [0.1, 0.15) is 34.5 Å². The fourth-order valence-corrected chi connectivity index (χ4v) is 4.46. The van der Waals surface area contributed by atoms with E-state index in [0.29, 0.717) is 47.0 Å². The molecule has 150 valence electrons. The van der Waals surface area contributed by atoms with Crippen molar-refractivity contribution >= 4 is 0 Å². The first-order chi connectivity index (χ1) is 13.2. The number of ether oxygens (including phenoxy) is 2. The number of aromatic hydroxyl groups is 4. The van der Waals surface area contributed by atoms with E-state index in [4.69, 9.17) is 9.47 Å². The summed E-state index contributed by atoms with van der Waals surface area (Å²) in [6.45, 7) is 8.64. The molecule has 6 nitrogen and oxygen atoms in total. The highest BCUT2D eigenvalue weighted by Gasteiger charge is 2.40. The molecule has 2 aromatic rings. The maximum atomic E-state index is 10.8. The summed E-state index contributed by atoms with van der Waals surface area (Å²) in [5, 5.41) is 42.0. The van der Waals surface area contributed by atoms with Crippen LogP contribution in [0.15, 0.2) is 12.1 Å². The number of phenolic OH excluding ortho intramolecular Hbond substituents is 4. The topological polar surface area (TPSA) is 99.4 Å². The van der Waals surface area contributed by atoms with Gasteiger partial charge < -0.3 is 29.9 Å². The van der Waals surface area contributed by atoms with Gasteiger partial charge in [0.05, 0.1) is 13.2 Å². The van der Waals surface area contributed by atoms with E-state index >= 15 is 0 Å². The second-order valence-electron chi connectivity index (χ2n) is 8.20. The average Bonchev–Trinajstić information content (AvgIpc) is 2.63. The monoisotopic (exact) mass is 386 g/mol. The van der Waals surface area contributed by atoms with Gasteiger partial charge in [-0.3, -0.25) is 0 Å². The van der Waals surface area contributed by atoms with Gasteiger partial charge in [-0.05, 0) is 18.8 Å². The number of rotatable bonds is 1. The molecule has 2 heterocycles. The lowest BCUT2D eigenvalue weighted by Gasteiger charge is -2.37. The fourth-order valence-electron chi connectivity index (χ4n) is 4.46. The first-order valence-electron chi connectivity index (χ1n) is 9.62. The van der Waals surface area contributed by atoms with Crippen molar-refractivity contribution in [1.29, 1.82) is 0 Å². The van der Waals surface area contributed by atoms with Crippen LogP contribution in [0.2, 0.25) is 0 Å². The maximum absolute atomic E-state index is 10.8. The molecule has 4 rings (SSSR count). The van der Waals surface area contributed by atoms with Crippen molar-refractivity contribution in [2.24, 2.45) is 11.8 Å². The number of hydrogen-bond donors (Lipinski definition) is 4. The molecule has 0 fully saturated rings. The van der Waals surface area contributed by atoms with Crippen molar-refractivity contribution in [1.82, 2.24) is 0 Å². The summed E-state index contributed by atoms with van der Waals surface area (Å²) in [7, 11) is 0. The zero-order valence-corrected chi connectivity index (χ0v) is 16.5. The van der Waals surface area contributed by atoms with Crippen LogP contribution in [0.3, 0.4) is 0 Å². The standard InChI is InChI=1S/C22H26O6/c1-9-7-28-22-18(11(9)3)14(24)6-16(26)20(22)17-10(2)8-27-21-12(4)13(23)5-15(25)19(17)21/h5-6,9-11,17,23-26H,7-8H2,1-4H3. The van der Waals surface area contributed by atoms with E-state index < -0.39 is 5.92 Å². The van der Waals surface area contributed by atoms with Crippen LogP contribution in [0.5, 0.6) is 34.5 Å². The minimum absolute atomic E-state index is 0.0151. The summed E-state index contributed by atoms with van der Waals surface area (Å²) < 4.78 is 11.9. The van der Waals surface area contributed by atoms with Crippen molar-refractivity contribution in [2.75, 3.05) is 13.2 Å².